The maximum atomic E-state index is 12.2. The Labute approximate surface area is 181 Å². The summed E-state index contributed by atoms with van der Waals surface area (Å²) in [7, 11) is 0. The zero-order chi connectivity index (χ0) is 21.7. The molecule has 0 spiro atoms. The standard InChI is InChI=1S/C26H50O3/c1-5-7-9-11-13-15-17-19-21-23(3)25(27)29-26(28)24(4)22-20-18-16-14-12-10-8-6-2/h23-24H,5-22H2,1-4H3/t23-,24-/m0/s1. The number of carbonyl (C=O) groups is 2. The number of ether oxygens (including phenoxy) is 1. The van der Waals surface area contributed by atoms with E-state index < -0.39 is 0 Å². The molecular weight excluding hydrogens is 360 g/mol. The zero-order valence-electron chi connectivity index (χ0n) is 20.1. The largest absolute Gasteiger partial charge is 0.393 e. The van der Waals surface area contributed by atoms with Crippen molar-refractivity contribution in [1.29, 1.82) is 0 Å². The average molecular weight is 411 g/mol. The summed E-state index contributed by atoms with van der Waals surface area (Å²) in [5, 5.41) is 0. The Bertz CT molecular complexity index is 355. The van der Waals surface area contributed by atoms with Crippen LogP contribution in [0.4, 0.5) is 0 Å². The molecule has 0 unspecified atom stereocenters. The van der Waals surface area contributed by atoms with Gasteiger partial charge in [-0.3, -0.25) is 9.59 Å². The van der Waals surface area contributed by atoms with Gasteiger partial charge in [0.25, 0.3) is 0 Å². The SMILES string of the molecule is CCCCCCCCCC[C@H](C)C(=O)OC(=O)[C@@H](C)CCCCCCCCCC. The smallest absolute Gasteiger partial charge is 0.316 e. The number of hydrogen-bond donors (Lipinski definition) is 0. The molecule has 0 amide bonds. The molecular formula is C26H50O3. The third-order valence-electron chi connectivity index (χ3n) is 5.99. The number of carbonyl (C=O) groups excluding carboxylic acids is 2. The lowest BCUT2D eigenvalue weighted by atomic mass is 10.0. The molecule has 0 fully saturated rings. The van der Waals surface area contributed by atoms with Gasteiger partial charge in [-0.25, -0.2) is 0 Å². The van der Waals surface area contributed by atoms with Crippen molar-refractivity contribution in [2.24, 2.45) is 11.8 Å². The van der Waals surface area contributed by atoms with Crippen LogP contribution in [0, 0.1) is 11.8 Å². The Morgan fingerprint density at radius 3 is 1.10 bits per heavy atom. The summed E-state index contributed by atoms with van der Waals surface area (Å²) in [6, 6.07) is 0. The van der Waals surface area contributed by atoms with Crippen LogP contribution in [0.25, 0.3) is 0 Å². The Hall–Kier alpha value is -0.860. The van der Waals surface area contributed by atoms with Crippen LogP contribution in [-0.4, -0.2) is 11.9 Å². The Kier molecular flexibility index (Phi) is 19.8. The molecule has 0 aromatic rings. The predicted molar refractivity (Wildman–Crippen MR) is 124 cm³/mol. The van der Waals surface area contributed by atoms with E-state index in [0.717, 1.165) is 25.7 Å². The first-order valence-corrected chi connectivity index (χ1v) is 12.8. The second kappa shape index (κ2) is 20.4. The van der Waals surface area contributed by atoms with Crippen molar-refractivity contribution >= 4 is 11.9 Å². The zero-order valence-corrected chi connectivity index (χ0v) is 20.1. The van der Waals surface area contributed by atoms with Crippen molar-refractivity contribution in [3.63, 3.8) is 0 Å². The Balaban J connectivity index is 3.70. The normalized spacial score (nSPS) is 13.2. The van der Waals surface area contributed by atoms with Crippen LogP contribution in [0.5, 0.6) is 0 Å². The van der Waals surface area contributed by atoms with E-state index in [4.69, 9.17) is 4.74 Å². The lowest BCUT2D eigenvalue weighted by molar-refractivity contribution is -0.165. The summed E-state index contributed by atoms with van der Waals surface area (Å²) in [6.07, 6.45) is 21.8. The van der Waals surface area contributed by atoms with Crippen LogP contribution in [-0.2, 0) is 14.3 Å². The van der Waals surface area contributed by atoms with Crippen molar-refractivity contribution in [3.05, 3.63) is 0 Å². The number of esters is 2. The van der Waals surface area contributed by atoms with Gasteiger partial charge in [-0.1, -0.05) is 130 Å². The third-order valence-corrected chi connectivity index (χ3v) is 5.99. The molecule has 0 radical (unpaired) electrons. The van der Waals surface area contributed by atoms with Crippen molar-refractivity contribution in [1.82, 2.24) is 0 Å². The molecule has 0 aliphatic rings. The van der Waals surface area contributed by atoms with Crippen LogP contribution in [0.2, 0.25) is 0 Å². The molecule has 2 atom stereocenters. The van der Waals surface area contributed by atoms with Gasteiger partial charge in [-0.15, -0.1) is 0 Å². The highest BCUT2D eigenvalue weighted by Crippen LogP contribution is 2.17. The molecule has 29 heavy (non-hydrogen) atoms. The van der Waals surface area contributed by atoms with E-state index in [1.807, 2.05) is 13.8 Å². The summed E-state index contributed by atoms with van der Waals surface area (Å²) in [4.78, 5) is 24.3. The van der Waals surface area contributed by atoms with Crippen molar-refractivity contribution < 1.29 is 14.3 Å². The summed E-state index contributed by atoms with van der Waals surface area (Å²) in [5.41, 5.74) is 0. The van der Waals surface area contributed by atoms with Gasteiger partial charge in [-0.05, 0) is 12.8 Å². The van der Waals surface area contributed by atoms with E-state index >= 15 is 0 Å². The average Bonchev–Trinajstić information content (AvgIpc) is 2.71. The van der Waals surface area contributed by atoms with Crippen LogP contribution in [0.1, 0.15) is 143 Å². The molecule has 0 aromatic carbocycles. The van der Waals surface area contributed by atoms with E-state index in [9.17, 15) is 9.59 Å². The number of unbranched alkanes of at least 4 members (excludes halogenated alkanes) is 14. The molecule has 172 valence electrons. The molecule has 0 rings (SSSR count). The molecule has 0 bridgehead atoms. The number of rotatable bonds is 20. The van der Waals surface area contributed by atoms with Crippen molar-refractivity contribution in [2.75, 3.05) is 0 Å². The van der Waals surface area contributed by atoms with Gasteiger partial charge in [0.05, 0.1) is 11.8 Å². The highest BCUT2D eigenvalue weighted by atomic mass is 16.6. The second-order valence-corrected chi connectivity index (χ2v) is 9.07. The van der Waals surface area contributed by atoms with Crippen LogP contribution < -0.4 is 0 Å². The van der Waals surface area contributed by atoms with Gasteiger partial charge in [0.1, 0.15) is 0 Å². The van der Waals surface area contributed by atoms with Gasteiger partial charge in [0.15, 0.2) is 0 Å². The molecule has 0 N–H and O–H groups in total. The van der Waals surface area contributed by atoms with Crippen molar-refractivity contribution in [3.8, 4) is 0 Å². The van der Waals surface area contributed by atoms with Crippen LogP contribution in [0.15, 0.2) is 0 Å². The maximum absolute atomic E-state index is 12.2. The Morgan fingerprint density at radius 2 is 0.793 bits per heavy atom. The lowest BCUT2D eigenvalue weighted by Gasteiger charge is -2.13. The lowest BCUT2D eigenvalue weighted by Crippen LogP contribution is -2.23. The van der Waals surface area contributed by atoms with Gasteiger partial charge in [0, 0.05) is 0 Å². The monoisotopic (exact) mass is 410 g/mol. The quantitative estimate of drug-likeness (QED) is 0.115. The van der Waals surface area contributed by atoms with Crippen LogP contribution >= 0.6 is 0 Å². The molecule has 3 heteroatoms. The fraction of sp³-hybridized carbons (Fsp3) is 0.923. The van der Waals surface area contributed by atoms with E-state index in [1.165, 1.54) is 89.9 Å². The first kappa shape index (κ1) is 28.1. The highest BCUT2D eigenvalue weighted by Gasteiger charge is 2.21. The molecule has 0 aromatic heterocycles. The minimum Gasteiger partial charge on any atom is -0.393 e. The molecule has 0 heterocycles. The molecule has 0 saturated heterocycles. The molecule has 3 nitrogen and oxygen atoms in total. The van der Waals surface area contributed by atoms with Gasteiger partial charge < -0.3 is 4.74 Å². The van der Waals surface area contributed by atoms with Crippen molar-refractivity contribution in [2.45, 2.75) is 143 Å². The highest BCUT2D eigenvalue weighted by molar-refractivity contribution is 5.87. The summed E-state index contributed by atoms with van der Waals surface area (Å²) in [6.45, 7) is 8.25. The Morgan fingerprint density at radius 1 is 0.517 bits per heavy atom. The summed E-state index contributed by atoms with van der Waals surface area (Å²) in [5.74, 6) is -1.01. The first-order chi connectivity index (χ1) is 14.0. The fourth-order valence-corrected chi connectivity index (χ4v) is 3.70. The second-order valence-electron chi connectivity index (χ2n) is 9.07. The minimum absolute atomic E-state index is 0.172. The van der Waals surface area contributed by atoms with Gasteiger partial charge in [0.2, 0.25) is 0 Å². The fourth-order valence-electron chi connectivity index (χ4n) is 3.70. The predicted octanol–water partition coefficient (Wildman–Crippen LogP) is 8.39. The van der Waals surface area contributed by atoms with Gasteiger partial charge in [-0.2, -0.15) is 0 Å². The third kappa shape index (κ3) is 17.7. The van der Waals surface area contributed by atoms with Gasteiger partial charge >= 0.3 is 11.9 Å². The minimum atomic E-state index is -0.333. The van der Waals surface area contributed by atoms with Crippen LogP contribution in [0.3, 0.4) is 0 Å². The molecule has 0 saturated carbocycles. The summed E-state index contributed by atoms with van der Waals surface area (Å²) >= 11 is 0. The van der Waals surface area contributed by atoms with E-state index in [1.54, 1.807) is 0 Å². The molecule has 0 aliphatic carbocycles. The topological polar surface area (TPSA) is 43.4 Å². The van der Waals surface area contributed by atoms with E-state index in [0.29, 0.717) is 0 Å². The van der Waals surface area contributed by atoms with E-state index in [-0.39, 0.29) is 23.8 Å². The van der Waals surface area contributed by atoms with E-state index in [2.05, 4.69) is 13.8 Å². The summed E-state index contributed by atoms with van der Waals surface area (Å²) < 4.78 is 5.14. The number of hydrogen-bond acceptors (Lipinski definition) is 3. The first-order valence-electron chi connectivity index (χ1n) is 12.8. The maximum Gasteiger partial charge on any atom is 0.316 e. The molecule has 0 aliphatic heterocycles.